The van der Waals surface area contributed by atoms with Crippen LogP contribution in [0.1, 0.15) is 6.92 Å². The van der Waals surface area contributed by atoms with Crippen LogP contribution in [-0.4, -0.2) is 18.5 Å². The van der Waals surface area contributed by atoms with Crippen molar-refractivity contribution in [1.29, 1.82) is 0 Å². The molecule has 0 rings (SSSR count). The van der Waals surface area contributed by atoms with Gasteiger partial charge in [0.25, 0.3) is 5.91 Å². The Labute approximate surface area is 68.3 Å². The molecular weight excluding hydrogens is 174 g/mol. The lowest BCUT2D eigenvalue weighted by Gasteiger charge is -2.00. The van der Waals surface area contributed by atoms with E-state index in [0.29, 0.717) is 0 Å². The van der Waals surface area contributed by atoms with Crippen molar-refractivity contribution in [3.8, 4) is 0 Å². The summed E-state index contributed by atoms with van der Waals surface area (Å²) in [6.07, 6.45) is 0. The zero-order valence-corrected chi connectivity index (χ0v) is 6.59. The van der Waals surface area contributed by atoms with Gasteiger partial charge in [0.15, 0.2) is 6.61 Å². The highest BCUT2D eigenvalue weighted by atomic mass is 32.1. The molecule has 7 heteroatoms. The highest BCUT2D eigenvalue weighted by Crippen LogP contribution is 1.79. The van der Waals surface area contributed by atoms with E-state index < -0.39 is 18.5 Å². The molecule has 0 saturated heterocycles. The Morgan fingerprint density at radius 1 is 1.55 bits per heavy atom. The van der Waals surface area contributed by atoms with E-state index in [2.05, 4.69) is 27.0 Å². The van der Waals surface area contributed by atoms with Crippen LogP contribution in [0.2, 0.25) is 0 Å². The SMILES string of the molecule is CC(=O)OCC(=O)NOOS. The van der Waals surface area contributed by atoms with Gasteiger partial charge in [-0.15, -0.1) is 4.33 Å². The molecule has 0 fully saturated rings. The summed E-state index contributed by atoms with van der Waals surface area (Å²) in [6, 6.07) is 0. The Morgan fingerprint density at radius 3 is 2.64 bits per heavy atom. The highest BCUT2D eigenvalue weighted by Gasteiger charge is 2.02. The molecular formula is C4H7NO5S. The smallest absolute Gasteiger partial charge is 0.303 e. The molecule has 0 saturated carbocycles. The van der Waals surface area contributed by atoms with Crippen LogP contribution in [0.3, 0.4) is 0 Å². The van der Waals surface area contributed by atoms with Crippen LogP contribution in [0.25, 0.3) is 0 Å². The van der Waals surface area contributed by atoms with Gasteiger partial charge in [0.1, 0.15) is 0 Å². The van der Waals surface area contributed by atoms with Gasteiger partial charge in [-0.1, -0.05) is 4.99 Å². The van der Waals surface area contributed by atoms with Crippen molar-refractivity contribution in [2.75, 3.05) is 6.61 Å². The summed E-state index contributed by atoms with van der Waals surface area (Å²) < 4.78 is 8.03. The third-order valence-corrected chi connectivity index (χ3v) is 0.674. The van der Waals surface area contributed by atoms with Gasteiger partial charge in [-0.2, -0.15) is 5.48 Å². The van der Waals surface area contributed by atoms with E-state index in [1.807, 2.05) is 0 Å². The third kappa shape index (κ3) is 7.10. The largest absolute Gasteiger partial charge is 0.456 e. The van der Waals surface area contributed by atoms with Crippen LogP contribution in [-0.2, 0) is 23.6 Å². The van der Waals surface area contributed by atoms with Crippen molar-refractivity contribution in [2.45, 2.75) is 6.92 Å². The van der Waals surface area contributed by atoms with E-state index in [0.717, 1.165) is 0 Å². The Bertz CT molecular complexity index is 149. The van der Waals surface area contributed by atoms with Gasteiger partial charge in [0, 0.05) is 19.8 Å². The zero-order valence-electron chi connectivity index (χ0n) is 5.70. The first kappa shape index (κ1) is 10.2. The van der Waals surface area contributed by atoms with Gasteiger partial charge in [-0.25, -0.2) is 0 Å². The molecule has 11 heavy (non-hydrogen) atoms. The van der Waals surface area contributed by atoms with E-state index in [1.54, 1.807) is 5.48 Å². The van der Waals surface area contributed by atoms with Crippen LogP contribution in [0.15, 0.2) is 0 Å². The van der Waals surface area contributed by atoms with Gasteiger partial charge in [0.05, 0.1) is 0 Å². The quantitative estimate of drug-likeness (QED) is 0.199. The maximum absolute atomic E-state index is 10.5. The number of nitrogens with one attached hydrogen (secondary N) is 1. The molecule has 1 amide bonds. The molecule has 0 aromatic rings. The Kier molecular flexibility index (Phi) is 5.53. The van der Waals surface area contributed by atoms with Crippen LogP contribution in [0.5, 0.6) is 0 Å². The monoisotopic (exact) mass is 181 g/mol. The predicted octanol–water partition coefficient (Wildman–Crippen LogP) is -0.626. The molecule has 1 N–H and O–H groups in total. The molecule has 0 aliphatic carbocycles. The number of ether oxygens (including phenoxy) is 1. The molecule has 64 valence electrons. The van der Waals surface area contributed by atoms with Crippen molar-refractivity contribution in [2.24, 2.45) is 0 Å². The number of amides is 1. The molecule has 0 radical (unpaired) electrons. The number of carbonyl (C=O) groups excluding carboxylic acids is 2. The van der Waals surface area contributed by atoms with Gasteiger partial charge in [-0.05, 0) is 0 Å². The molecule has 0 bridgehead atoms. The number of rotatable bonds is 4. The molecule has 0 atom stereocenters. The minimum atomic E-state index is -0.644. The fourth-order valence-corrected chi connectivity index (χ4v) is 0.299. The van der Waals surface area contributed by atoms with Crippen LogP contribution >= 0.6 is 12.9 Å². The second kappa shape index (κ2) is 5.96. The van der Waals surface area contributed by atoms with E-state index in [-0.39, 0.29) is 0 Å². The summed E-state index contributed by atoms with van der Waals surface area (Å²) in [5.74, 6) is -1.19. The van der Waals surface area contributed by atoms with E-state index in [4.69, 9.17) is 0 Å². The van der Waals surface area contributed by atoms with E-state index in [1.165, 1.54) is 6.92 Å². The van der Waals surface area contributed by atoms with Crippen molar-refractivity contribution in [3.05, 3.63) is 0 Å². The second-order valence-corrected chi connectivity index (χ2v) is 1.61. The summed E-state index contributed by atoms with van der Waals surface area (Å²) in [7, 11) is 0. The lowest BCUT2D eigenvalue weighted by molar-refractivity contribution is -0.240. The topological polar surface area (TPSA) is 73.9 Å². The molecule has 0 aliphatic heterocycles. The molecule has 0 aromatic heterocycles. The van der Waals surface area contributed by atoms with Gasteiger partial charge in [-0.3, -0.25) is 9.59 Å². The predicted molar refractivity (Wildman–Crippen MR) is 35.9 cm³/mol. The summed E-state index contributed by atoms with van der Waals surface area (Å²) in [5, 5.41) is 0. The van der Waals surface area contributed by atoms with Gasteiger partial charge in [0.2, 0.25) is 0 Å². The summed E-state index contributed by atoms with van der Waals surface area (Å²) in [6.45, 7) is 0.774. The first-order chi connectivity index (χ1) is 5.16. The molecule has 0 heterocycles. The molecule has 0 aliphatic rings. The number of carbonyl (C=O) groups is 2. The van der Waals surface area contributed by atoms with Crippen molar-refractivity contribution < 1.29 is 23.6 Å². The van der Waals surface area contributed by atoms with E-state index >= 15 is 0 Å². The minimum absolute atomic E-state index is 0.410. The number of hydrogen-bond donors (Lipinski definition) is 2. The molecule has 6 nitrogen and oxygen atoms in total. The minimum Gasteiger partial charge on any atom is -0.456 e. The lowest BCUT2D eigenvalue weighted by atomic mass is 10.7. The summed E-state index contributed by atoms with van der Waals surface area (Å²) in [4.78, 5) is 24.5. The fourth-order valence-electron chi connectivity index (χ4n) is 0.262. The Morgan fingerprint density at radius 2 is 2.18 bits per heavy atom. The maximum Gasteiger partial charge on any atom is 0.303 e. The highest BCUT2D eigenvalue weighted by molar-refractivity contribution is 7.74. The Balaban J connectivity index is 3.30. The number of hydroxylamine groups is 1. The van der Waals surface area contributed by atoms with Crippen LogP contribution in [0.4, 0.5) is 0 Å². The number of thiol groups is 1. The normalized spacial score (nSPS) is 8.91. The lowest BCUT2D eigenvalue weighted by Crippen LogP contribution is -2.27. The first-order valence-electron chi connectivity index (χ1n) is 2.56. The molecule has 0 unspecified atom stereocenters. The average molecular weight is 181 g/mol. The van der Waals surface area contributed by atoms with Crippen molar-refractivity contribution >= 4 is 24.8 Å². The fraction of sp³-hybridized carbons (Fsp3) is 0.500. The third-order valence-electron chi connectivity index (χ3n) is 0.599. The molecule has 0 spiro atoms. The molecule has 0 aromatic carbocycles. The number of hydrogen-bond acceptors (Lipinski definition) is 6. The van der Waals surface area contributed by atoms with Gasteiger partial charge < -0.3 is 4.74 Å². The summed E-state index contributed by atoms with van der Waals surface area (Å²) in [5.41, 5.74) is 1.77. The zero-order chi connectivity index (χ0) is 8.69. The van der Waals surface area contributed by atoms with Crippen molar-refractivity contribution in [1.82, 2.24) is 5.48 Å². The second-order valence-electron chi connectivity index (χ2n) is 1.46. The van der Waals surface area contributed by atoms with Crippen molar-refractivity contribution in [3.63, 3.8) is 0 Å². The van der Waals surface area contributed by atoms with Gasteiger partial charge >= 0.3 is 5.97 Å². The summed E-state index contributed by atoms with van der Waals surface area (Å²) >= 11 is 3.16. The average Bonchev–Trinajstić information content (AvgIpc) is 1.97. The number of esters is 1. The standard InChI is InChI=1S/C4H7NO5S/c1-3(6)8-2-4(7)5-9-10-11/h11H,2H2,1H3,(H,5,7). The van der Waals surface area contributed by atoms with E-state index in [9.17, 15) is 9.59 Å². The Hall–Kier alpha value is -0.790. The van der Waals surface area contributed by atoms with Crippen LogP contribution in [0, 0.1) is 0 Å². The maximum atomic E-state index is 10.5. The first-order valence-corrected chi connectivity index (χ1v) is 2.92. The van der Waals surface area contributed by atoms with Crippen LogP contribution < -0.4 is 5.48 Å².